The van der Waals surface area contributed by atoms with Crippen LogP contribution in [0.2, 0.25) is 5.02 Å². The lowest BCUT2D eigenvalue weighted by Crippen LogP contribution is -1.90. The van der Waals surface area contributed by atoms with Gasteiger partial charge in [0.2, 0.25) is 0 Å². The quantitative estimate of drug-likeness (QED) is 0.449. The second-order valence-electron chi connectivity index (χ2n) is 6.15. The molecule has 0 saturated carbocycles. The molecule has 1 aromatic heterocycles. The number of aromatic amines is 1. The molecule has 0 aliphatic heterocycles. The Labute approximate surface area is 161 Å². The summed E-state index contributed by atoms with van der Waals surface area (Å²) in [6, 6.07) is 18.3. The van der Waals surface area contributed by atoms with Crippen LogP contribution in [0.25, 0.3) is 33.3 Å². The van der Waals surface area contributed by atoms with Crippen molar-refractivity contribution in [2.24, 2.45) is 0 Å². The van der Waals surface area contributed by atoms with Crippen LogP contribution in [-0.4, -0.2) is 19.2 Å². The second kappa shape index (κ2) is 6.97. The largest absolute Gasteiger partial charge is 0.497 e. The molecule has 0 fully saturated rings. The summed E-state index contributed by atoms with van der Waals surface area (Å²) < 4.78 is 25.0. The van der Waals surface area contributed by atoms with E-state index in [0.29, 0.717) is 16.3 Å². The lowest BCUT2D eigenvalue weighted by Gasteiger charge is -2.10. The number of methoxy groups -OCH3 is 2. The van der Waals surface area contributed by atoms with Gasteiger partial charge in [0.25, 0.3) is 0 Å². The molecule has 0 spiro atoms. The summed E-state index contributed by atoms with van der Waals surface area (Å²) >= 11 is 6.20. The molecule has 3 aromatic carbocycles. The van der Waals surface area contributed by atoms with Crippen molar-refractivity contribution in [2.75, 3.05) is 14.2 Å². The van der Waals surface area contributed by atoms with Crippen LogP contribution < -0.4 is 9.47 Å². The van der Waals surface area contributed by atoms with E-state index in [-0.39, 0.29) is 5.82 Å². The Morgan fingerprint density at radius 2 is 1.78 bits per heavy atom. The summed E-state index contributed by atoms with van der Waals surface area (Å²) in [4.78, 5) is 3.24. The third-order valence-electron chi connectivity index (χ3n) is 4.57. The number of H-pyrrole nitrogens is 1. The third-order valence-corrected chi connectivity index (χ3v) is 4.89. The number of hydrogen-bond acceptors (Lipinski definition) is 2. The Morgan fingerprint density at radius 1 is 0.926 bits per heavy atom. The monoisotopic (exact) mass is 381 g/mol. The highest BCUT2D eigenvalue weighted by Gasteiger charge is 2.14. The fourth-order valence-corrected chi connectivity index (χ4v) is 3.49. The number of hydrogen-bond donors (Lipinski definition) is 1. The summed E-state index contributed by atoms with van der Waals surface area (Å²) in [6.07, 6.45) is 0. The lowest BCUT2D eigenvalue weighted by atomic mass is 10.0. The van der Waals surface area contributed by atoms with Crippen LogP contribution in [0.5, 0.6) is 11.5 Å². The molecule has 5 heteroatoms. The molecular weight excluding hydrogens is 365 g/mol. The van der Waals surface area contributed by atoms with Gasteiger partial charge in [-0.15, -0.1) is 0 Å². The van der Waals surface area contributed by atoms with Crippen LogP contribution in [0.4, 0.5) is 4.39 Å². The molecule has 4 aromatic rings. The lowest BCUT2D eigenvalue weighted by molar-refractivity contribution is 0.395. The molecule has 3 nitrogen and oxygen atoms in total. The first-order chi connectivity index (χ1) is 13.1. The van der Waals surface area contributed by atoms with Gasteiger partial charge in [0, 0.05) is 22.5 Å². The summed E-state index contributed by atoms with van der Waals surface area (Å²) in [5, 5.41) is 1.33. The second-order valence-corrected chi connectivity index (χ2v) is 6.56. The predicted molar refractivity (Wildman–Crippen MR) is 107 cm³/mol. The highest BCUT2D eigenvalue weighted by atomic mass is 35.5. The van der Waals surface area contributed by atoms with E-state index in [1.54, 1.807) is 26.4 Å². The Morgan fingerprint density at radius 3 is 2.52 bits per heavy atom. The SMILES string of the molecule is COc1ccc(-c2ccc3[nH]c(-c4c(F)cccc4Cl)cc3c2)c(OC)c1. The van der Waals surface area contributed by atoms with Gasteiger partial charge in [-0.1, -0.05) is 23.7 Å². The zero-order valence-electron chi connectivity index (χ0n) is 14.8. The normalized spacial score (nSPS) is 11.0. The van der Waals surface area contributed by atoms with E-state index in [2.05, 4.69) is 4.98 Å². The smallest absolute Gasteiger partial charge is 0.134 e. The van der Waals surface area contributed by atoms with Gasteiger partial charge in [-0.3, -0.25) is 0 Å². The summed E-state index contributed by atoms with van der Waals surface area (Å²) in [7, 11) is 3.25. The van der Waals surface area contributed by atoms with Crippen LogP contribution in [-0.2, 0) is 0 Å². The zero-order chi connectivity index (χ0) is 19.0. The third kappa shape index (κ3) is 3.13. The molecule has 136 valence electrons. The molecule has 0 radical (unpaired) electrons. The summed E-state index contributed by atoms with van der Waals surface area (Å²) in [6.45, 7) is 0. The van der Waals surface area contributed by atoms with Crippen molar-refractivity contribution in [3.63, 3.8) is 0 Å². The number of halogens is 2. The minimum absolute atomic E-state index is 0.355. The standard InChI is InChI=1S/C22H17ClFNO2/c1-26-15-7-8-16(21(12-15)27-2)13-6-9-19-14(10-13)11-20(25-19)22-17(23)4-3-5-18(22)24/h3-12,25H,1-2H3. The Bertz CT molecular complexity index is 1120. The van der Waals surface area contributed by atoms with E-state index in [4.69, 9.17) is 21.1 Å². The van der Waals surface area contributed by atoms with Crippen molar-refractivity contribution >= 4 is 22.5 Å². The molecule has 0 aliphatic carbocycles. The minimum atomic E-state index is -0.355. The maximum Gasteiger partial charge on any atom is 0.134 e. The zero-order valence-corrected chi connectivity index (χ0v) is 15.6. The number of fused-ring (bicyclic) bond motifs is 1. The fourth-order valence-electron chi connectivity index (χ4n) is 3.23. The van der Waals surface area contributed by atoms with Crippen molar-refractivity contribution in [3.8, 4) is 33.9 Å². The Balaban J connectivity index is 1.82. The number of benzene rings is 3. The van der Waals surface area contributed by atoms with Gasteiger partial charge in [-0.05, 0) is 48.0 Å². The van der Waals surface area contributed by atoms with Crippen LogP contribution in [0, 0.1) is 5.82 Å². The fraction of sp³-hybridized carbons (Fsp3) is 0.0909. The molecule has 4 rings (SSSR count). The van der Waals surface area contributed by atoms with Gasteiger partial charge in [0.05, 0.1) is 30.5 Å². The van der Waals surface area contributed by atoms with Gasteiger partial charge < -0.3 is 14.5 Å². The molecular formula is C22H17ClFNO2. The topological polar surface area (TPSA) is 34.2 Å². The first-order valence-electron chi connectivity index (χ1n) is 8.40. The average Bonchev–Trinajstić information content (AvgIpc) is 3.09. The maximum atomic E-state index is 14.2. The highest BCUT2D eigenvalue weighted by Crippen LogP contribution is 2.37. The van der Waals surface area contributed by atoms with Crippen molar-refractivity contribution < 1.29 is 13.9 Å². The molecule has 1 N–H and O–H groups in total. The first kappa shape index (κ1) is 17.4. The van der Waals surface area contributed by atoms with E-state index in [1.165, 1.54) is 6.07 Å². The number of nitrogens with one attached hydrogen (secondary N) is 1. The molecule has 0 amide bonds. The summed E-state index contributed by atoms with van der Waals surface area (Å²) in [5.74, 6) is 1.10. The van der Waals surface area contributed by atoms with Gasteiger partial charge in [-0.25, -0.2) is 4.39 Å². The molecule has 0 aliphatic rings. The molecule has 0 bridgehead atoms. The van der Waals surface area contributed by atoms with E-state index in [0.717, 1.165) is 33.5 Å². The maximum absolute atomic E-state index is 14.2. The van der Waals surface area contributed by atoms with E-state index >= 15 is 0 Å². The van der Waals surface area contributed by atoms with Gasteiger partial charge in [-0.2, -0.15) is 0 Å². The van der Waals surface area contributed by atoms with Crippen molar-refractivity contribution in [1.82, 2.24) is 4.98 Å². The molecule has 0 atom stereocenters. The Kier molecular flexibility index (Phi) is 4.50. The average molecular weight is 382 g/mol. The predicted octanol–water partition coefficient (Wildman–Crippen LogP) is 6.31. The molecule has 27 heavy (non-hydrogen) atoms. The van der Waals surface area contributed by atoms with Gasteiger partial charge in [0.15, 0.2) is 0 Å². The number of rotatable bonds is 4. The highest BCUT2D eigenvalue weighted by molar-refractivity contribution is 6.33. The van der Waals surface area contributed by atoms with Crippen LogP contribution >= 0.6 is 11.6 Å². The number of ether oxygens (including phenoxy) is 2. The van der Waals surface area contributed by atoms with E-state index in [9.17, 15) is 4.39 Å². The first-order valence-corrected chi connectivity index (χ1v) is 8.78. The van der Waals surface area contributed by atoms with Crippen molar-refractivity contribution in [2.45, 2.75) is 0 Å². The van der Waals surface area contributed by atoms with Crippen LogP contribution in [0.3, 0.4) is 0 Å². The van der Waals surface area contributed by atoms with Crippen molar-refractivity contribution in [3.05, 3.63) is 71.5 Å². The van der Waals surface area contributed by atoms with Crippen LogP contribution in [0.1, 0.15) is 0 Å². The number of aromatic nitrogens is 1. The molecule has 0 unspecified atom stereocenters. The van der Waals surface area contributed by atoms with E-state index < -0.39 is 0 Å². The van der Waals surface area contributed by atoms with Gasteiger partial charge >= 0.3 is 0 Å². The van der Waals surface area contributed by atoms with E-state index in [1.807, 2.05) is 42.5 Å². The van der Waals surface area contributed by atoms with Crippen LogP contribution in [0.15, 0.2) is 60.7 Å². The molecule has 0 saturated heterocycles. The van der Waals surface area contributed by atoms with Crippen molar-refractivity contribution in [1.29, 1.82) is 0 Å². The Hall–Kier alpha value is -2.98. The summed E-state index contributed by atoms with van der Waals surface area (Å²) in [5.41, 5.74) is 3.87. The van der Waals surface area contributed by atoms with Gasteiger partial charge in [0.1, 0.15) is 17.3 Å². The molecule has 1 heterocycles. The minimum Gasteiger partial charge on any atom is -0.497 e.